The largest absolute Gasteiger partial charge is 0.392 e. The molecule has 4 rings (SSSR count). The van der Waals surface area contributed by atoms with Gasteiger partial charge in [0.2, 0.25) is 0 Å². The maximum absolute atomic E-state index is 10.5. The zero-order chi connectivity index (χ0) is 12.3. The van der Waals surface area contributed by atoms with E-state index in [-0.39, 0.29) is 6.10 Å². The molecule has 3 saturated carbocycles. The molecule has 18 heavy (non-hydrogen) atoms. The highest BCUT2D eigenvalue weighted by molar-refractivity contribution is 14.1. The Labute approximate surface area is 122 Å². The van der Waals surface area contributed by atoms with Crippen LogP contribution < -0.4 is 0 Å². The van der Waals surface area contributed by atoms with Gasteiger partial charge in [-0.3, -0.25) is 0 Å². The number of rotatable bonds is 3. The van der Waals surface area contributed by atoms with Crippen LogP contribution in [0.4, 0.5) is 0 Å². The van der Waals surface area contributed by atoms with Crippen LogP contribution in [0.1, 0.15) is 24.8 Å². The first-order valence-electron chi connectivity index (χ1n) is 7.16. The molecule has 1 nitrogen and oxygen atoms in total. The molecule has 5 unspecified atom stereocenters. The van der Waals surface area contributed by atoms with Crippen molar-refractivity contribution in [2.75, 3.05) is 0 Å². The maximum Gasteiger partial charge on any atom is 0.0614 e. The third-order valence-corrected chi connectivity index (χ3v) is 6.32. The van der Waals surface area contributed by atoms with Crippen LogP contribution in [0.2, 0.25) is 0 Å². The van der Waals surface area contributed by atoms with Crippen molar-refractivity contribution < 1.29 is 5.11 Å². The lowest BCUT2D eigenvalue weighted by atomic mass is 9.95. The van der Waals surface area contributed by atoms with Crippen molar-refractivity contribution in [3.05, 3.63) is 33.4 Å². The Morgan fingerprint density at radius 3 is 2.33 bits per heavy atom. The SMILES string of the molecule is OC(Cc1ccc(I)cc1)C1C2C3CCC(C3)C12. The molecule has 1 N–H and O–H groups in total. The van der Waals surface area contributed by atoms with Gasteiger partial charge in [0, 0.05) is 3.57 Å². The summed E-state index contributed by atoms with van der Waals surface area (Å²) in [5.41, 5.74) is 1.29. The van der Waals surface area contributed by atoms with Crippen molar-refractivity contribution in [3.8, 4) is 0 Å². The van der Waals surface area contributed by atoms with E-state index >= 15 is 0 Å². The van der Waals surface area contributed by atoms with Crippen molar-refractivity contribution in [2.24, 2.45) is 29.6 Å². The molecule has 5 atom stereocenters. The van der Waals surface area contributed by atoms with Gasteiger partial charge in [-0.05, 0) is 95.6 Å². The van der Waals surface area contributed by atoms with Gasteiger partial charge in [-0.2, -0.15) is 0 Å². The Hall–Kier alpha value is -0.0900. The van der Waals surface area contributed by atoms with Gasteiger partial charge >= 0.3 is 0 Å². The summed E-state index contributed by atoms with van der Waals surface area (Å²) < 4.78 is 1.27. The minimum absolute atomic E-state index is 0.0940. The Morgan fingerprint density at radius 2 is 1.72 bits per heavy atom. The molecule has 0 saturated heterocycles. The van der Waals surface area contributed by atoms with Gasteiger partial charge in [-0.15, -0.1) is 0 Å². The van der Waals surface area contributed by atoms with E-state index in [0.717, 1.165) is 30.1 Å². The average molecular weight is 354 g/mol. The first-order chi connectivity index (χ1) is 8.74. The van der Waals surface area contributed by atoms with E-state index in [9.17, 15) is 5.11 Å². The van der Waals surface area contributed by atoms with Crippen molar-refractivity contribution in [2.45, 2.75) is 31.8 Å². The maximum atomic E-state index is 10.5. The molecule has 0 amide bonds. The molecular formula is C16H19IO. The Bertz CT molecular complexity index is 439. The van der Waals surface area contributed by atoms with E-state index in [1.807, 2.05) is 0 Å². The lowest BCUT2D eigenvalue weighted by molar-refractivity contribution is 0.128. The molecule has 1 aromatic carbocycles. The molecule has 2 heteroatoms. The van der Waals surface area contributed by atoms with Crippen LogP contribution in [0.15, 0.2) is 24.3 Å². The fourth-order valence-corrected chi connectivity index (χ4v) is 5.26. The monoisotopic (exact) mass is 354 g/mol. The highest BCUT2D eigenvalue weighted by Crippen LogP contribution is 2.70. The predicted molar refractivity (Wildman–Crippen MR) is 80.2 cm³/mol. The average Bonchev–Trinajstić information content (AvgIpc) is 2.82. The van der Waals surface area contributed by atoms with Gasteiger partial charge in [-0.1, -0.05) is 12.1 Å². The zero-order valence-corrected chi connectivity index (χ0v) is 12.6. The van der Waals surface area contributed by atoms with Crippen molar-refractivity contribution in [3.63, 3.8) is 0 Å². The Morgan fingerprint density at radius 1 is 1.11 bits per heavy atom. The minimum Gasteiger partial charge on any atom is -0.392 e. The number of halogens is 1. The van der Waals surface area contributed by atoms with E-state index in [1.54, 1.807) is 0 Å². The topological polar surface area (TPSA) is 20.2 Å². The quantitative estimate of drug-likeness (QED) is 0.824. The molecule has 3 aliphatic carbocycles. The smallest absolute Gasteiger partial charge is 0.0614 e. The van der Waals surface area contributed by atoms with Crippen LogP contribution in [0, 0.1) is 33.2 Å². The number of hydrogen-bond acceptors (Lipinski definition) is 1. The first kappa shape index (κ1) is 11.7. The van der Waals surface area contributed by atoms with E-state index in [4.69, 9.17) is 0 Å². The second kappa shape index (κ2) is 4.20. The van der Waals surface area contributed by atoms with Gasteiger partial charge < -0.3 is 5.11 Å². The molecule has 0 aromatic heterocycles. The summed E-state index contributed by atoms with van der Waals surface area (Å²) in [6.45, 7) is 0. The lowest BCUT2D eigenvalue weighted by Crippen LogP contribution is -2.18. The summed E-state index contributed by atoms with van der Waals surface area (Å²) in [6, 6.07) is 8.61. The first-order valence-corrected chi connectivity index (χ1v) is 8.24. The fraction of sp³-hybridized carbons (Fsp3) is 0.625. The Balaban J connectivity index is 1.43. The lowest BCUT2D eigenvalue weighted by Gasteiger charge is -2.15. The van der Waals surface area contributed by atoms with Crippen molar-refractivity contribution in [1.82, 2.24) is 0 Å². The third kappa shape index (κ3) is 1.75. The normalized spacial score (nSPS) is 41.8. The molecule has 0 radical (unpaired) electrons. The molecule has 0 spiro atoms. The van der Waals surface area contributed by atoms with Crippen LogP contribution >= 0.6 is 22.6 Å². The van der Waals surface area contributed by atoms with Crippen LogP contribution in [-0.2, 0) is 6.42 Å². The molecule has 3 fully saturated rings. The number of hydrogen-bond donors (Lipinski definition) is 1. The predicted octanol–water partition coefficient (Wildman–Crippen LogP) is 3.49. The van der Waals surface area contributed by atoms with Gasteiger partial charge in [0.05, 0.1) is 6.10 Å². The summed E-state index contributed by atoms with van der Waals surface area (Å²) in [6.07, 6.45) is 5.12. The number of fused-ring (bicyclic) bond motifs is 5. The highest BCUT2D eigenvalue weighted by Gasteiger charge is 2.66. The highest BCUT2D eigenvalue weighted by atomic mass is 127. The van der Waals surface area contributed by atoms with E-state index < -0.39 is 0 Å². The van der Waals surface area contributed by atoms with Gasteiger partial charge in [0.15, 0.2) is 0 Å². The number of benzene rings is 1. The van der Waals surface area contributed by atoms with E-state index in [1.165, 1.54) is 28.4 Å². The second-order valence-corrected chi connectivity index (χ2v) is 7.71. The van der Waals surface area contributed by atoms with Crippen LogP contribution in [0.5, 0.6) is 0 Å². The summed E-state index contributed by atoms with van der Waals surface area (Å²) >= 11 is 2.33. The molecule has 1 aromatic rings. The summed E-state index contributed by atoms with van der Waals surface area (Å²) in [4.78, 5) is 0. The standard InChI is InChI=1S/C16H19IO/c17-12-5-1-9(2-6-12)7-13(18)16-14-10-3-4-11(8-10)15(14)16/h1-2,5-6,10-11,13-16,18H,3-4,7-8H2. The second-order valence-electron chi connectivity index (χ2n) is 6.46. The van der Waals surface area contributed by atoms with Gasteiger partial charge in [-0.25, -0.2) is 0 Å². The summed E-state index contributed by atoms with van der Waals surface area (Å²) in [5.74, 6) is 4.36. The van der Waals surface area contributed by atoms with E-state index in [0.29, 0.717) is 5.92 Å². The molecule has 2 bridgehead atoms. The molecular weight excluding hydrogens is 335 g/mol. The molecule has 0 heterocycles. The third-order valence-electron chi connectivity index (χ3n) is 5.60. The number of aliphatic hydroxyl groups is 1. The zero-order valence-electron chi connectivity index (χ0n) is 10.4. The van der Waals surface area contributed by atoms with Crippen molar-refractivity contribution >= 4 is 22.6 Å². The van der Waals surface area contributed by atoms with Gasteiger partial charge in [0.25, 0.3) is 0 Å². The summed E-state index contributed by atoms with van der Waals surface area (Å²) in [5, 5.41) is 10.5. The Kier molecular flexibility index (Phi) is 2.74. The van der Waals surface area contributed by atoms with E-state index in [2.05, 4.69) is 46.9 Å². The number of aliphatic hydroxyl groups excluding tert-OH is 1. The molecule has 96 valence electrons. The van der Waals surface area contributed by atoms with Crippen LogP contribution in [-0.4, -0.2) is 11.2 Å². The molecule has 0 aliphatic heterocycles. The summed E-state index contributed by atoms with van der Waals surface area (Å²) in [7, 11) is 0. The van der Waals surface area contributed by atoms with Gasteiger partial charge in [0.1, 0.15) is 0 Å². The van der Waals surface area contributed by atoms with Crippen LogP contribution in [0.25, 0.3) is 0 Å². The van der Waals surface area contributed by atoms with Crippen molar-refractivity contribution in [1.29, 1.82) is 0 Å². The van der Waals surface area contributed by atoms with Crippen LogP contribution in [0.3, 0.4) is 0 Å². The fourth-order valence-electron chi connectivity index (χ4n) is 4.90. The minimum atomic E-state index is -0.0940. The molecule has 3 aliphatic rings.